The van der Waals surface area contributed by atoms with Crippen molar-refractivity contribution in [1.82, 2.24) is 19.0 Å². The Morgan fingerprint density at radius 2 is 1.66 bits per heavy atom. The van der Waals surface area contributed by atoms with Crippen molar-refractivity contribution >= 4 is 21.8 Å². The highest BCUT2D eigenvalue weighted by Gasteiger charge is 2.23. The molecule has 2 aromatic heterocycles. The van der Waals surface area contributed by atoms with Crippen LogP contribution in [-0.4, -0.2) is 25.6 Å². The summed E-state index contributed by atoms with van der Waals surface area (Å²) in [5.74, 6) is 1.08. The van der Waals surface area contributed by atoms with E-state index < -0.39 is 0 Å². The normalized spacial score (nSPS) is 14.3. The van der Waals surface area contributed by atoms with Crippen molar-refractivity contribution in [3.05, 3.63) is 89.7 Å². The summed E-state index contributed by atoms with van der Waals surface area (Å²) in [7, 11) is 2.16. The lowest BCUT2D eigenvalue weighted by Gasteiger charge is -2.27. The average Bonchev–Trinajstić information content (AvgIpc) is 3.34. The number of para-hydroxylation sites is 1. The van der Waals surface area contributed by atoms with Crippen molar-refractivity contribution in [3.8, 4) is 11.4 Å². The number of benzene rings is 3. The monoisotopic (exact) mass is 420 g/mol. The molecule has 0 saturated heterocycles. The molecule has 0 radical (unpaired) electrons. The van der Waals surface area contributed by atoms with Gasteiger partial charge in [-0.2, -0.15) is 0 Å². The maximum Gasteiger partial charge on any atom is 0.140 e. The molecule has 0 N–H and O–H groups in total. The maximum atomic E-state index is 4.98. The van der Waals surface area contributed by atoms with Crippen LogP contribution in [0.5, 0.6) is 0 Å². The van der Waals surface area contributed by atoms with Crippen LogP contribution in [-0.2, 0) is 33.1 Å². The van der Waals surface area contributed by atoms with Crippen molar-refractivity contribution in [2.24, 2.45) is 7.05 Å². The van der Waals surface area contributed by atoms with Crippen LogP contribution in [0.3, 0.4) is 0 Å². The number of aryl methyl sites for hydroxylation is 1. The fourth-order valence-electron chi connectivity index (χ4n) is 5.32. The molecule has 3 heterocycles. The third-order valence-corrected chi connectivity index (χ3v) is 6.93. The molecule has 0 spiro atoms. The van der Waals surface area contributed by atoms with Crippen molar-refractivity contribution in [2.75, 3.05) is 6.54 Å². The second-order valence-electron chi connectivity index (χ2n) is 8.83. The first-order chi connectivity index (χ1) is 15.7. The molecule has 1 aliphatic heterocycles. The molecule has 0 aliphatic carbocycles. The minimum absolute atomic E-state index is 0.945. The van der Waals surface area contributed by atoms with Gasteiger partial charge in [0, 0.05) is 67.0 Å². The highest BCUT2D eigenvalue weighted by molar-refractivity contribution is 6.08. The van der Waals surface area contributed by atoms with Gasteiger partial charge in [0.1, 0.15) is 5.82 Å². The van der Waals surface area contributed by atoms with Crippen LogP contribution in [0.2, 0.25) is 0 Å². The van der Waals surface area contributed by atoms with Crippen LogP contribution in [0.25, 0.3) is 33.2 Å². The van der Waals surface area contributed by atoms with E-state index in [0.29, 0.717) is 0 Å². The molecule has 3 aromatic carbocycles. The Bertz CT molecular complexity index is 1420. The highest BCUT2D eigenvalue weighted by Crippen LogP contribution is 2.31. The highest BCUT2D eigenvalue weighted by atomic mass is 15.2. The maximum absolute atomic E-state index is 4.98. The van der Waals surface area contributed by atoms with Gasteiger partial charge in [-0.25, -0.2) is 4.98 Å². The Kier molecular flexibility index (Phi) is 4.62. The van der Waals surface area contributed by atoms with E-state index in [1.807, 2.05) is 0 Å². The molecule has 0 fully saturated rings. The molecule has 0 bridgehead atoms. The van der Waals surface area contributed by atoms with Crippen molar-refractivity contribution < 1.29 is 0 Å². The summed E-state index contributed by atoms with van der Waals surface area (Å²) in [6.07, 6.45) is 1.01. The fourth-order valence-corrected chi connectivity index (χ4v) is 5.32. The Morgan fingerprint density at radius 3 is 2.50 bits per heavy atom. The van der Waals surface area contributed by atoms with E-state index in [1.165, 1.54) is 44.3 Å². The van der Waals surface area contributed by atoms with E-state index >= 15 is 0 Å². The molecule has 4 heteroatoms. The number of rotatable bonds is 4. The van der Waals surface area contributed by atoms with E-state index in [1.54, 1.807) is 0 Å². The van der Waals surface area contributed by atoms with Crippen molar-refractivity contribution in [1.29, 1.82) is 0 Å². The first-order valence-corrected chi connectivity index (χ1v) is 11.5. The third kappa shape index (κ3) is 3.06. The zero-order valence-corrected chi connectivity index (χ0v) is 18.8. The van der Waals surface area contributed by atoms with Crippen molar-refractivity contribution in [2.45, 2.75) is 33.0 Å². The van der Waals surface area contributed by atoms with Gasteiger partial charge in [-0.05, 0) is 30.7 Å². The first-order valence-electron chi connectivity index (χ1n) is 11.5. The molecular weight excluding hydrogens is 392 g/mol. The van der Waals surface area contributed by atoms with Crippen molar-refractivity contribution in [3.63, 3.8) is 0 Å². The van der Waals surface area contributed by atoms with Gasteiger partial charge in [0.2, 0.25) is 0 Å². The summed E-state index contributed by atoms with van der Waals surface area (Å²) < 4.78 is 4.71. The summed E-state index contributed by atoms with van der Waals surface area (Å²) in [4.78, 5) is 7.54. The van der Waals surface area contributed by atoms with Gasteiger partial charge < -0.3 is 9.13 Å². The first kappa shape index (κ1) is 19.3. The topological polar surface area (TPSA) is 26.0 Å². The smallest absolute Gasteiger partial charge is 0.140 e. The second kappa shape index (κ2) is 7.64. The SMILES string of the molecule is CCn1c2ccccc2c2cc(CN3CCc4nc(-c5ccccc5)n(C)c4C3)ccc21. The molecule has 160 valence electrons. The lowest BCUT2D eigenvalue weighted by atomic mass is 10.1. The Morgan fingerprint density at radius 1 is 0.875 bits per heavy atom. The second-order valence-corrected chi connectivity index (χ2v) is 8.83. The number of imidazole rings is 1. The van der Waals surface area contributed by atoms with E-state index in [2.05, 4.69) is 101 Å². The molecule has 0 atom stereocenters. The average molecular weight is 421 g/mol. The predicted molar refractivity (Wildman–Crippen MR) is 132 cm³/mol. The standard InChI is InChI=1S/C28H28N4/c1-3-32-25-12-8-7-11-22(25)23-17-20(13-14-26(23)32)18-31-16-15-24-27(19-31)30(2)28(29-24)21-9-5-4-6-10-21/h4-14,17H,3,15-16,18-19H2,1-2H3. The minimum Gasteiger partial charge on any atom is -0.341 e. The molecular formula is C28H28N4. The molecule has 6 rings (SSSR count). The molecule has 0 amide bonds. The fraction of sp³-hybridized carbons (Fsp3) is 0.250. The quantitative estimate of drug-likeness (QED) is 0.369. The zero-order chi connectivity index (χ0) is 21.7. The van der Waals surface area contributed by atoms with E-state index in [0.717, 1.165) is 38.4 Å². The zero-order valence-electron chi connectivity index (χ0n) is 18.8. The molecule has 1 aliphatic rings. The van der Waals surface area contributed by atoms with Gasteiger partial charge in [0.05, 0.1) is 11.4 Å². The van der Waals surface area contributed by atoms with Crippen LogP contribution in [0.1, 0.15) is 23.9 Å². The van der Waals surface area contributed by atoms with Crippen LogP contribution in [0, 0.1) is 0 Å². The van der Waals surface area contributed by atoms with Crippen LogP contribution >= 0.6 is 0 Å². The molecule has 5 aromatic rings. The number of aromatic nitrogens is 3. The summed E-state index contributed by atoms with van der Waals surface area (Å²) >= 11 is 0. The Hall–Kier alpha value is -3.37. The third-order valence-electron chi connectivity index (χ3n) is 6.93. The lowest BCUT2D eigenvalue weighted by Crippen LogP contribution is -2.31. The van der Waals surface area contributed by atoms with Gasteiger partial charge in [-0.15, -0.1) is 0 Å². The summed E-state index contributed by atoms with van der Waals surface area (Å²) in [5.41, 5.74) is 7.83. The molecule has 4 nitrogen and oxygen atoms in total. The lowest BCUT2D eigenvalue weighted by molar-refractivity contribution is 0.238. The van der Waals surface area contributed by atoms with E-state index in [4.69, 9.17) is 4.98 Å². The van der Waals surface area contributed by atoms with Gasteiger partial charge in [-0.1, -0.05) is 54.6 Å². The summed E-state index contributed by atoms with van der Waals surface area (Å²) in [6, 6.07) is 26.3. The van der Waals surface area contributed by atoms with Gasteiger partial charge in [0.25, 0.3) is 0 Å². The largest absolute Gasteiger partial charge is 0.341 e. The number of hydrogen-bond donors (Lipinski definition) is 0. The summed E-state index contributed by atoms with van der Waals surface area (Å²) in [5, 5.41) is 2.72. The molecule has 0 saturated carbocycles. The number of fused-ring (bicyclic) bond motifs is 4. The minimum atomic E-state index is 0.945. The van der Waals surface area contributed by atoms with Gasteiger partial charge in [-0.3, -0.25) is 4.90 Å². The van der Waals surface area contributed by atoms with E-state index in [9.17, 15) is 0 Å². The predicted octanol–water partition coefficient (Wildman–Crippen LogP) is 5.77. The number of hydrogen-bond acceptors (Lipinski definition) is 2. The van der Waals surface area contributed by atoms with Crippen LogP contribution in [0.15, 0.2) is 72.8 Å². The Labute approximate surface area is 188 Å². The van der Waals surface area contributed by atoms with Gasteiger partial charge in [0.15, 0.2) is 0 Å². The Balaban J connectivity index is 1.30. The molecule has 0 unspecified atom stereocenters. The summed E-state index contributed by atoms with van der Waals surface area (Å²) in [6.45, 7) is 6.17. The number of nitrogens with zero attached hydrogens (tertiary/aromatic N) is 4. The molecule has 32 heavy (non-hydrogen) atoms. The van der Waals surface area contributed by atoms with Gasteiger partial charge >= 0.3 is 0 Å². The van der Waals surface area contributed by atoms with Crippen LogP contribution in [0.4, 0.5) is 0 Å². The van der Waals surface area contributed by atoms with Crippen LogP contribution < -0.4 is 0 Å². The van der Waals surface area contributed by atoms with E-state index in [-0.39, 0.29) is 0 Å².